The minimum absolute atomic E-state index is 0.164. The van der Waals surface area contributed by atoms with Gasteiger partial charge in [-0.2, -0.15) is 4.39 Å². The van der Waals surface area contributed by atoms with Crippen molar-refractivity contribution in [1.29, 1.82) is 0 Å². The van der Waals surface area contributed by atoms with Crippen molar-refractivity contribution in [3.05, 3.63) is 83.9 Å². The quantitative estimate of drug-likeness (QED) is 0.660. The summed E-state index contributed by atoms with van der Waals surface area (Å²) in [6.07, 6.45) is 2.32. The first kappa shape index (κ1) is 18.3. The van der Waals surface area contributed by atoms with E-state index in [1.54, 1.807) is 24.3 Å². The van der Waals surface area contributed by atoms with Crippen LogP contribution >= 0.6 is 0 Å². The monoisotopic (exact) mass is 401 g/mol. The molecule has 0 fully saturated rings. The molecular formula is C23H20FN5O. The maximum absolute atomic E-state index is 14.4. The van der Waals surface area contributed by atoms with E-state index in [2.05, 4.69) is 4.98 Å². The first-order valence-electron chi connectivity index (χ1n) is 9.78. The first-order valence-corrected chi connectivity index (χ1v) is 9.78. The summed E-state index contributed by atoms with van der Waals surface area (Å²) in [4.78, 5) is 15.4. The number of aliphatic imine (C=N–C) groups is 2. The predicted octanol–water partition coefficient (Wildman–Crippen LogP) is 3.27. The average molecular weight is 401 g/mol. The number of pyridine rings is 1. The number of benzene rings is 2. The third kappa shape index (κ3) is 2.74. The smallest absolute Gasteiger partial charge is 0.220 e. The van der Waals surface area contributed by atoms with Gasteiger partial charge in [-0.3, -0.25) is 9.89 Å². The third-order valence-corrected chi connectivity index (χ3v) is 5.58. The summed E-state index contributed by atoms with van der Waals surface area (Å²) in [7, 11) is 0. The fraction of sp³-hybridized carbons (Fsp3) is 0.174. The Morgan fingerprint density at radius 2 is 1.87 bits per heavy atom. The van der Waals surface area contributed by atoms with Crippen molar-refractivity contribution in [1.82, 2.24) is 9.88 Å². The molecule has 0 saturated carbocycles. The topological polar surface area (TPSA) is 87.1 Å². The molecule has 0 aliphatic carbocycles. The normalized spacial score (nSPS) is 20.5. The number of nitrogens with zero attached hydrogens (tertiary/aromatic N) is 4. The van der Waals surface area contributed by atoms with Crippen molar-refractivity contribution in [3.63, 3.8) is 0 Å². The van der Waals surface area contributed by atoms with E-state index in [9.17, 15) is 9.50 Å². The molecule has 0 spiro atoms. The molecule has 0 amide bonds. The minimum Gasteiger partial charge on any atom is -0.508 e. The van der Waals surface area contributed by atoms with Crippen LogP contribution < -0.4 is 5.73 Å². The highest BCUT2D eigenvalue weighted by Crippen LogP contribution is 2.42. The van der Waals surface area contributed by atoms with Crippen LogP contribution in [0.25, 0.3) is 11.1 Å². The Balaban J connectivity index is 1.75. The van der Waals surface area contributed by atoms with Crippen LogP contribution in [0, 0.1) is 5.95 Å². The van der Waals surface area contributed by atoms with Gasteiger partial charge in [-0.05, 0) is 53.4 Å². The summed E-state index contributed by atoms with van der Waals surface area (Å²) < 4.78 is 14.4. The van der Waals surface area contributed by atoms with Crippen LogP contribution in [0.3, 0.4) is 0 Å². The zero-order valence-electron chi connectivity index (χ0n) is 16.2. The number of amidine groups is 1. The summed E-state index contributed by atoms with van der Waals surface area (Å²) in [5.41, 5.74) is 8.11. The van der Waals surface area contributed by atoms with Crippen LogP contribution in [0.4, 0.5) is 4.39 Å². The lowest BCUT2D eigenvalue weighted by molar-refractivity contribution is 0.474. The second kappa shape index (κ2) is 6.95. The second-order valence-electron chi connectivity index (χ2n) is 7.36. The molecule has 3 aromatic rings. The highest BCUT2D eigenvalue weighted by molar-refractivity contribution is 6.12. The van der Waals surface area contributed by atoms with Crippen LogP contribution in [0.15, 0.2) is 76.8 Å². The van der Waals surface area contributed by atoms with Crippen LogP contribution in [-0.4, -0.2) is 39.9 Å². The van der Waals surface area contributed by atoms with Gasteiger partial charge in [0.15, 0.2) is 11.5 Å². The Hall–Kier alpha value is -3.74. The lowest BCUT2D eigenvalue weighted by atomic mass is 9.81. The molecule has 150 valence electrons. The number of guanidine groups is 1. The van der Waals surface area contributed by atoms with Gasteiger partial charge >= 0.3 is 0 Å². The largest absolute Gasteiger partial charge is 0.508 e. The maximum atomic E-state index is 14.4. The number of rotatable bonds is 3. The van der Waals surface area contributed by atoms with Gasteiger partial charge in [-0.15, -0.1) is 0 Å². The molecule has 2 aromatic carbocycles. The molecule has 3 heterocycles. The van der Waals surface area contributed by atoms with Crippen LogP contribution in [0.5, 0.6) is 5.75 Å². The van der Waals surface area contributed by atoms with E-state index in [-0.39, 0.29) is 5.75 Å². The first-order chi connectivity index (χ1) is 14.6. The Labute approximate surface area is 173 Å². The highest BCUT2D eigenvalue weighted by Gasteiger charge is 2.49. The number of phenolic OH excluding ortho intramolecular Hbond substituents is 1. The molecule has 5 rings (SSSR count). The molecule has 6 nitrogen and oxygen atoms in total. The molecule has 0 saturated heterocycles. The lowest BCUT2D eigenvalue weighted by Crippen LogP contribution is -2.46. The van der Waals surface area contributed by atoms with E-state index >= 15 is 0 Å². The number of hydrogen-bond acceptors (Lipinski definition) is 6. The van der Waals surface area contributed by atoms with Crippen molar-refractivity contribution < 1.29 is 9.50 Å². The fourth-order valence-corrected chi connectivity index (χ4v) is 4.19. The zero-order valence-corrected chi connectivity index (χ0v) is 16.2. The summed E-state index contributed by atoms with van der Waals surface area (Å²) in [6, 6.07) is 17.9. The fourth-order valence-electron chi connectivity index (χ4n) is 4.19. The summed E-state index contributed by atoms with van der Waals surface area (Å²) in [5, 5.41) is 9.81. The van der Waals surface area contributed by atoms with Gasteiger partial charge in [0.2, 0.25) is 5.95 Å². The van der Waals surface area contributed by atoms with E-state index in [4.69, 9.17) is 15.7 Å². The summed E-state index contributed by atoms with van der Waals surface area (Å²) in [5.74, 6) is 0.789. The third-order valence-electron chi connectivity index (χ3n) is 5.58. The zero-order chi connectivity index (χ0) is 20.7. The maximum Gasteiger partial charge on any atom is 0.220 e. The van der Waals surface area contributed by atoms with Gasteiger partial charge < -0.3 is 10.8 Å². The number of halogens is 1. The molecule has 3 N–H and O–H groups in total. The van der Waals surface area contributed by atoms with Crippen molar-refractivity contribution in [3.8, 4) is 16.9 Å². The number of phenols is 1. The Morgan fingerprint density at radius 1 is 1.03 bits per heavy atom. The van der Waals surface area contributed by atoms with E-state index < -0.39 is 11.5 Å². The van der Waals surface area contributed by atoms with Gasteiger partial charge in [0.05, 0.1) is 0 Å². The number of fused-ring (bicyclic) bond motifs is 1. The van der Waals surface area contributed by atoms with E-state index in [1.807, 2.05) is 41.3 Å². The molecule has 0 radical (unpaired) electrons. The van der Waals surface area contributed by atoms with Gasteiger partial charge in [-0.1, -0.05) is 30.3 Å². The number of nitrogens with two attached hydrogens (primary N) is 1. The summed E-state index contributed by atoms with van der Waals surface area (Å²) >= 11 is 0. The van der Waals surface area contributed by atoms with Crippen LogP contribution in [-0.2, 0) is 5.54 Å². The number of hydrogen-bond donors (Lipinski definition) is 2. The van der Waals surface area contributed by atoms with Gasteiger partial charge in [-0.25, -0.2) is 9.98 Å². The number of aromatic hydroxyl groups is 1. The predicted molar refractivity (Wildman–Crippen MR) is 114 cm³/mol. The minimum atomic E-state index is -0.965. The van der Waals surface area contributed by atoms with Crippen molar-refractivity contribution in [2.45, 2.75) is 12.0 Å². The molecule has 0 unspecified atom stereocenters. The SMILES string of the molecule is NC1=N[C@](c2ccc(O)cc2)(c2cccc(-c3cccnc3F)c2)C2=NCCCN12. The lowest BCUT2D eigenvalue weighted by Gasteiger charge is -2.33. The molecule has 2 aliphatic heterocycles. The number of aromatic nitrogens is 1. The van der Waals surface area contributed by atoms with Crippen LogP contribution in [0.2, 0.25) is 0 Å². The highest BCUT2D eigenvalue weighted by atomic mass is 19.1. The van der Waals surface area contributed by atoms with Gasteiger partial charge in [0.25, 0.3) is 0 Å². The molecule has 7 heteroatoms. The second-order valence-corrected chi connectivity index (χ2v) is 7.36. The Bertz CT molecular complexity index is 1170. The standard InChI is InChI=1S/C23H20FN5O/c24-20-19(6-2-11-26-20)15-4-1-5-17(14-15)23(16-7-9-18(30)10-8-16)21-27-12-3-13-29(21)22(25)28-23/h1-2,4-11,14,30H,3,12-13H2,(H2,25,28)/t23-/m1/s1. The molecule has 1 aromatic heterocycles. The molecule has 0 bridgehead atoms. The van der Waals surface area contributed by atoms with E-state index in [0.717, 1.165) is 29.9 Å². The van der Waals surface area contributed by atoms with Crippen molar-refractivity contribution in [2.24, 2.45) is 15.7 Å². The van der Waals surface area contributed by atoms with Crippen molar-refractivity contribution in [2.75, 3.05) is 13.1 Å². The molecular weight excluding hydrogens is 381 g/mol. The Kier molecular flexibility index (Phi) is 4.24. The Morgan fingerprint density at radius 3 is 2.67 bits per heavy atom. The molecule has 2 aliphatic rings. The van der Waals surface area contributed by atoms with Crippen molar-refractivity contribution >= 4 is 11.8 Å². The van der Waals surface area contributed by atoms with Gasteiger partial charge in [0.1, 0.15) is 11.6 Å². The van der Waals surface area contributed by atoms with E-state index in [1.165, 1.54) is 6.20 Å². The molecule has 1 atom stereocenters. The van der Waals surface area contributed by atoms with E-state index in [0.29, 0.717) is 23.6 Å². The molecule has 30 heavy (non-hydrogen) atoms. The van der Waals surface area contributed by atoms with Gasteiger partial charge in [0, 0.05) is 24.8 Å². The summed E-state index contributed by atoms with van der Waals surface area (Å²) in [6.45, 7) is 1.43. The van der Waals surface area contributed by atoms with Crippen LogP contribution in [0.1, 0.15) is 17.5 Å². The average Bonchev–Trinajstić information content (AvgIpc) is 3.08.